The number of fused-ring (bicyclic) bond motifs is 6. The minimum absolute atomic E-state index is 0.661. The van der Waals surface area contributed by atoms with E-state index in [9.17, 15) is 5.26 Å². The minimum atomic E-state index is 0.661. The molecule has 0 saturated heterocycles. The number of nitriles is 1. The van der Waals surface area contributed by atoms with Crippen LogP contribution in [0.2, 0.25) is 0 Å². The average Bonchev–Trinajstić information content (AvgIpc) is 3.57. The molecule has 0 aliphatic rings. The molecule has 0 radical (unpaired) electrons. The second kappa shape index (κ2) is 10.2. The van der Waals surface area contributed by atoms with E-state index in [2.05, 4.69) is 160 Å². The molecule has 0 bridgehead atoms. The number of aryl methyl sites for hydroxylation is 6. The van der Waals surface area contributed by atoms with Crippen molar-refractivity contribution < 1.29 is 0 Å². The standard InChI is InChI=1S/C43H35N3/c1-25-19-20-32(30(6)21-25)33-23-39(46-36-17-9-13-28(4)42(36)43-29(5)14-10-18-37(43)46)38(22-31(33)24-44)45-34-15-7-11-26(2)40(34)41-27(3)12-8-16-35(41)45/h7-23H,1-6H3. The molecule has 2 aromatic heterocycles. The first kappa shape index (κ1) is 27.9. The predicted octanol–water partition coefficient (Wildman–Crippen LogP) is 11.3. The first-order valence-corrected chi connectivity index (χ1v) is 15.9. The molecule has 222 valence electrons. The lowest BCUT2D eigenvalue weighted by molar-refractivity contribution is 1.09. The molecule has 8 aromatic rings. The van der Waals surface area contributed by atoms with Gasteiger partial charge in [0.2, 0.25) is 0 Å². The first-order chi connectivity index (χ1) is 22.3. The van der Waals surface area contributed by atoms with Gasteiger partial charge in [-0.05, 0) is 111 Å². The van der Waals surface area contributed by atoms with Crippen molar-refractivity contribution in [2.24, 2.45) is 0 Å². The van der Waals surface area contributed by atoms with E-state index in [-0.39, 0.29) is 0 Å². The molecule has 0 amide bonds. The predicted molar refractivity (Wildman–Crippen MR) is 194 cm³/mol. The highest BCUT2D eigenvalue weighted by Crippen LogP contribution is 2.43. The molecule has 46 heavy (non-hydrogen) atoms. The van der Waals surface area contributed by atoms with Crippen LogP contribution in [0.25, 0.3) is 66.1 Å². The van der Waals surface area contributed by atoms with E-state index in [4.69, 9.17) is 0 Å². The van der Waals surface area contributed by atoms with Gasteiger partial charge in [-0.3, -0.25) is 0 Å². The zero-order valence-corrected chi connectivity index (χ0v) is 27.2. The molecule has 3 heteroatoms. The van der Waals surface area contributed by atoms with Gasteiger partial charge in [0, 0.05) is 27.1 Å². The summed E-state index contributed by atoms with van der Waals surface area (Å²) in [6.45, 7) is 13.1. The Bertz CT molecular complexity index is 2480. The Labute approximate surface area is 269 Å². The summed E-state index contributed by atoms with van der Waals surface area (Å²) in [5.41, 5.74) is 16.7. The largest absolute Gasteiger partial charge is 0.307 e. The number of hydrogen-bond donors (Lipinski definition) is 0. The van der Waals surface area contributed by atoms with E-state index in [1.54, 1.807) is 0 Å². The topological polar surface area (TPSA) is 33.6 Å². The maximum absolute atomic E-state index is 10.7. The average molecular weight is 594 g/mol. The third-order valence-electron chi connectivity index (χ3n) is 9.86. The van der Waals surface area contributed by atoms with Gasteiger partial charge in [0.1, 0.15) is 0 Å². The van der Waals surface area contributed by atoms with Gasteiger partial charge < -0.3 is 9.13 Å². The smallest absolute Gasteiger partial charge is 0.0998 e. The minimum Gasteiger partial charge on any atom is -0.307 e. The van der Waals surface area contributed by atoms with E-state index in [1.165, 1.54) is 49.4 Å². The Balaban J connectivity index is 1.62. The fourth-order valence-electron chi connectivity index (χ4n) is 7.80. The monoisotopic (exact) mass is 593 g/mol. The van der Waals surface area contributed by atoms with Gasteiger partial charge >= 0.3 is 0 Å². The maximum Gasteiger partial charge on any atom is 0.0998 e. The summed E-state index contributed by atoms with van der Waals surface area (Å²) < 4.78 is 4.81. The molecule has 0 saturated carbocycles. The number of benzene rings is 6. The lowest BCUT2D eigenvalue weighted by Gasteiger charge is -2.20. The molecule has 0 unspecified atom stereocenters. The zero-order chi connectivity index (χ0) is 31.9. The van der Waals surface area contributed by atoms with Crippen LogP contribution in [0.1, 0.15) is 38.9 Å². The lowest BCUT2D eigenvalue weighted by atomic mass is 9.94. The van der Waals surface area contributed by atoms with Crippen LogP contribution < -0.4 is 0 Å². The summed E-state index contributed by atoms with van der Waals surface area (Å²) in [5, 5.41) is 15.8. The van der Waals surface area contributed by atoms with Crippen LogP contribution in [0.15, 0.2) is 103 Å². The molecule has 8 rings (SSSR count). The Kier molecular flexibility index (Phi) is 6.21. The summed E-state index contributed by atoms with van der Waals surface area (Å²) in [5.74, 6) is 0. The van der Waals surface area contributed by atoms with Crippen LogP contribution >= 0.6 is 0 Å². The van der Waals surface area contributed by atoms with Crippen molar-refractivity contribution in [3.8, 4) is 28.6 Å². The molecule has 0 N–H and O–H groups in total. The van der Waals surface area contributed by atoms with Crippen LogP contribution in [0, 0.1) is 52.9 Å². The quantitative estimate of drug-likeness (QED) is 0.201. The first-order valence-electron chi connectivity index (χ1n) is 15.9. The molecular formula is C43H35N3. The fraction of sp³-hybridized carbons (Fsp3) is 0.140. The van der Waals surface area contributed by atoms with Crippen molar-refractivity contribution in [2.45, 2.75) is 41.5 Å². The Morgan fingerprint density at radius 1 is 0.435 bits per heavy atom. The highest BCUT2D eigenvalue weighted by atomic mass is 15.1. The number of nitrogens with zero attached hydrogens (tertiary/aromatic N) is 3. The molecule has 6 aromatic carbocycles. The van der Waals surface area contributed by atoms with Gasteiger partial charge in [-0.25, -0.2) is 0 Å². The second-order valence-corrected chi connectivity index (χ2v) is 12.9. The summed E-state index contributed by atoms with van der Waals surface area (Å²) in [6.07, 6.45) is 0. The zero-order valence-electron chi connectivity index (χ0n) is 27.2. The maximum atomic E-state index is 10.7. The van der Waals surface area contributed by atoms with Gasteiger partial charge in [-0.1, -0.05) is 72.3 Å². The summed E-state index contributed by atoms with van der Waals surface area (Å²) in [7, 11) is 0. The van der Waals surface area contributed by atoms with Crippen molar-refractivity contribution >= 4 is 43.6 Å². The van der Waals surface area contributed by atoms with Crippen molar-refractivity contribution in [3.63, 3.8) is 0 Å². The summed E-state index contributed by atoms with van der Waals surface area (Å²) in [6, 6.07) is 39.8. The third-order valence-corrected chi connectivity index (χ3v) is 9.86. The van der Waals surface area contributed by atoms with Gasteiger partial charge in [0.15, 0.2) is 0 Å². The third kappa shape index (κ3) is 3.90. The molecule has 0 atom stereocenters. The van der Waals surface area contributed by atoms with Crippen LogP contribution in [0.4, 0.5) is 0 Å². The highest BCUT2D eigenvalue weighted by molar-refractivity contribution is 6.14. The summed E-state index contributed by atoms with van der Waals surface area (Å²) >= 11 is 0. The SMILES string of the molecule is Cc1ccc(-c2cc(-n3c4cccc(C)c4c4c(C)cccc43)c(-n3c4cccc(C)c4c4c(C)cccc43)cc2C#N)c(C)c1. The number of hydrogen-bond acceptors (Lipinski definition) is 1. The van der Waals surface area contributed by atoms with E-state index in [0.717, 1.165) is 50.1 Å². The molecule has 0 spiro atoms. The van der Waals surface area contributed by atoms with Gasteiger partial charge in [-0.15, -0.1) is 0 Å². The van der Waals surface area contributed by atoms with Crippen molar-refractivity contribution in [3.05, 3.63) is 142 Å². The molecule has 0 aliphatic heterocycles. The lowest BCUT2D eigenvalue weighted by Crippen LogP contribution is -2.06. The number of aromatic nitrogens is 2. The van der Waals surface area contributed by atoms with Crippen molar-refractivity contribution in [2.75, 3.05) is 0 Å². The van der Waals surface area contributed by atoms with Gasteiger partial charge in [0.25, 0.3) is 0 Å². The Morgan fingerprint density at radius 3 is 1.24 bits per heavy atom. The van der Waals surface area contributed by atoms with Crippen molar-refractivity contribution in [1.82, 2.24) is 9.13 Å². The van der Waals surface area contributed by atoms with E-state index in [1.807, 2.05) is 0 Å². The Hall–Kier alpha value is -5.59. The molecule has 0 aliphatic carbocycles. The Morgan fingerprint density at radius 2 is 0.848 bits per heavy atom. The van der Waals surface area contributed by atoms with Crippen molar-refractivity contribution in [1.29, 1.82) is 5.26 Å². The van der Waals surface area contributed by atoms with E-state index in [0.29, 0.717) is 5.56 Å². The van der Waals surface area contributed by atoms with Crippen LogP contribution in [0.3, 0.4) is 0 Å². The molecular weight excluding hydrogens is 558 g/mol. The van der Waals surface area contributed by atoms with E-state index < -0.39 is 0 Å². The molecule has 3 nitrogen and oxygen atoms in total. The van der Waals surface area contributed by atoms with Gasteiger partial charge in [-0.2, -0.15) is 5.26 Å². The molecule has 0 fully saturated rings. The fourth-order valence-corrected chi connectivity index (χ4v) is 7.80. The summed E-state index contributed by atoms with van der Waals surface area (Å²) in [4.78, 5) is 0. The van der Waals surface area contributed by atoms with E-state index >= 15 is 0 Å². The van der Waals surface area contributed by atoms with Gasteiger partial charge in [0.05, 0.1) is 45.1 Å². The molecule has 2 heterocycles. The highest BCUT2D eigenvalue weighted by Gasteiger charge is 2.24. The van der Waals surface area contributed by atoms with Crippen LogP contribution in [-0.4, -0.2) is 9.13 Å². The van der Waals surface area contributed by atoms with Crippen LogP contribution in [0.5, 0.6) is 0 Å². The van der Waals surface area contributed by atoms with Crippen LogP contribution in [-0.2, 0) is 0 Å². The second-order valence-electron chi connectivity index (χ2n) is 12.9. The number of rotatable bonds is 3. The normalized spacial score (nSPS) is 11.7.